The minimum Gasteiger partial charge on any atom is -0.467 e. The van der Waals surface area contributed by atoms with Crippen molar-refractivity contribution in [2.45, 2.75) is 38.1 Å². The molecule has 1 heterocycles. The van der Waals surface area contributed by atoms with Crippen molar-refractivity contribution >= 4 is 23.6 Å². The molecule has 104 valence electrons. The van der Waals surface area contributed by atoms with Gasteiger partial charge in [0, 0.05) is 37.1 Å². The number of esters is 1. The molecule has 0 aliphatic carbocycles. The molecule has 1 N–H and O–H groups in total. The van der Waals surface area contributed by atoms with Crippen LogP contribution in [-0.4, -0.2) is 60.1 Å². The molecule has 0 spiro atoms. The lowest BCUT2D eigenvalue weighted by atomic mass is 10.1. The van der Waals surface area contributed by atoms with Gasteiger partial charge in [0.2, 0.25) is 5.91 Å². The van der Waals surface area contributed by atoms with Crippen molar-refractivity contribution in [1.82, 2.24) is 10.2 Å². The molecule has 3 unspecified atom stereocenters. The van der Waals surface area contributed by atoms with Gasteiger partial charge >= 0.3 is 5.97 Å². The molecule has 1 amide bonds. The molecule has 0 aromatic heterocycles. The Balaban J connectivity index is 2.64. The first-order valence-corrected chi connectivity index (χ1v) is 7.21. The van der Waals surface area contributed by atoms with Gasteiger partial charge < -0.3 is 10.1 Å². The molecule has 0 saturated carbocycles. The zero-order valence-electron chi connectivity index (χ0n) is 11.4. The third-order valence-electron chi connectivity index (χ3n) is 3.29. The van der Waals surface area contributed by atoms with Gasteiger partial charge in [-0.1, -0.05) is 6.92 Å². The van der Waals surface area contributed by atoms with Gasteiger partial charge in [0.05, 0.1) is 7.11 Å². The zero-order valence-corrected chi connectivity index (χ0v) is 12.3. The van der Waals surface area contributed by atoms with Crippen molar-refractivity contribution in [2.24, 2.45) is 0 Å². The van der Waals surface area contributed by atoms with E-state index < -0.39 is 6.04 Å². The predicted octanol–water partition coefficient (Wildman–Crippen LogP) is 0.490. The van der Waals surface area contributed by atoms with Crippen LogP contribution in [0.2, 0.25) is 0 Å². The summed E-state index contributed by atoms with van der Waals surface area (Å²) >= 11 is 1.94. The molecule has 1 fully saturated rings. The van der Waals surface area contributed by atoms with Crippen molar-refractivity contribution in [3.05, 3.63) is 0 Å². The van der Waals surface area contributed by atoms with Crippen molar-refractivity contribution in [2.75, 3.05) is 26.0 Å². The summed E-state index contributed by atoms with van der Waals surface area (Å²) in [5.74, 6) is 0.459. The first-order chi connectivity index (χ1) is 8.45. The first kappa shape index (κ1) is 15.3. The number of thioether (sulfide) groups is 1. The largest absolute Gasteiger partial charge is 0.467 e. The van der Waals surface area contributed by atoms with E-state index in [1.807, 2.05) is 11.8 Å². The number of ether oxygens (including phenoxy) is 1. The van der Waals surface area contributed by atoms with Crippen LogP contribution in [0, 0.1) is 0 Å². The van der Waals surface area contributed by atoms with E-state index in [9.17, 15) is 9.59 Å². The van der Waals surface area contributed by atoms with Crippen LogP contribution in [0.15, 0.2) is 0 Å². The van der Waals surface area contributed by atoms with Gasteiger partial charge in [-0.15, -0.1) is 0 Å². The Morgan fingerprint density at radius 2 is 2.17 bits per heavy atom. The second-order valence-corrected chi connectivity index (χ2v) is 6.07. The summed E-state index contributed by atoms with van der Waals surface area (Å²) in [5, 5.41) is 3.19. The summed E-state index contributed by atoms with van der Waals surface area (Å²) in [4.78, 5) is 25.0. The highest BCUT2D eigenvalue weighted by molar-refractivity contribution is 8.00. The molecule has 1 saturated heterocycles. The zero-order chi connectivity index (χ0) is 13.7. The van der Waals surface area contributed by atoms with Crippen LogP contribution >= 0.6 is 11.8 Å². The quantitative estimate of drug-likeness (QED) is 0.756. The van der Waals surface area contributed by atoms with Crippen LogP contribution in [-0.2, 0) is 14.3 Å². The van der Waals surface area contributed by atoms with Gasteiger partial charge in [0.15, 0.2) is 0 Å². The molecule has 1 rings (SSSR count). The molecule has 3 atom stereocenters. The maximum Gasteiger partial charge on any atom is 0.329 e. The average Bonchev–Trinajstić information content (AvgIpc) is 2.32. The molecule has 0 aromatic rings. The van der Waals surface area contributed by atoms with E-state index in [1.54, 1.807) is 0 Å². The van der Waals surface area contributed by atoms with E-state index in [1.165, 1.54) is 14.0 Å². The summed E-state index contributed by atoms with van der Waals surface area (Å²) in [5.41, 5.74) is 0. The number of hydrogen-bond acceptors (Lipinski definition) is 5. The fraction of sp³-hybridized carbons (Fsp3) is 0.833. The monoisotopic (exact) mass is 274 g/mol. The highest BCUT2D eigenvalue weighted by Gasteiger charge is 2.30. The van der Waals surface area contributed by atoms with Gasteiger partial charge in [-0.25, -0.2) is 4.79 Å². The Labute approximate surface area is 113 Å². The van der Waals surface area contributed by atoms with Gasteiger partial charge in [-0.2, -0.15) is 11.8 Å². The third kappa shape index (κ3) is 4.17. The highest BCUT2D eigenvalue weighted by atomic mass is 32.2. The molecular weight excluding hydrogens is 252 g/mol. The number of hydrogen-bond donors (Lipinski definition) is 1. The smallest absolute Gasteiger partial charge is 0.329 e. The Morgan fingerprint density at radius 1 is 1.50 bits per heavy atom. The molecular formula is C12H22N2O3S. The van der Waals surface area contributed by atoms with E-state index in [0.29, 0.717) is 17.8 Å². The van der Waals surface area contributed by atoms with Crippen LogP contribution in [0.5, 0.6) is 0 Å². The Hall–Kier alpha value is -0.750. The Kier molecular flexibility index (Phi) is 5.95. The maximum atomic E-state index is 11.6. The van der Waals surface area contributed by atoms with E-state index in [2.05, 4.69) is 24.1 Å². The standard InChI is InChI=1S/C12H22N2O3S/c1-8-9(2)18-6-5-14(8)7-11(12(16)17-4)13-10(3)15/h8-9,11H,5-7H2,1-4H3,(H,13,15). The van der Waals surface area contributed by atoms with Crippen LogP contribution in [0.1, 0.15) is 20.8 Å². The lowest BCUT2D eigenvalue weighted by Crippen LogP contribution is -2.54. The molecule has 0 radical (unpaired) electrons. The molecule has 0 bridgehead atoms. The fourth-order valence-electron chi connectivity index (χ4n) is 2.05. The number of amides is 1. The van der Waals surface area contributed by atoms with Gasteiger partial charge in [0.1, 0.15) is 6.04 Å². The molecule has 5 nitrogen and oxygen atoms in total. The first-order valence-electron chi connectivity index (χ1n) is 6.16. The van der Waals surface area contributed by atoms with E-state index in [4.69, 9.17) is 4.74 Å². The SMILES string of the molecule is COC(=O)C(CN1CCSC(C)C1C)NC(C)=O. The second-order valence-electron chi connectivity index (χ2n) is 4.59. The normalized spacial score (nSPS) is 26.4. The summed E-state index contributed by atoms with van der Waals surface area (Å²) in [7, 11) is 1.34. The van der Waals surface area contributed by atoms with E-state index in [0.717, 1.165) is 12.3 Å². The van der Waals surface area contributed by atoms with E-state index >= 15 is 0 Å². The van der Waals surface area contributed by atoms with Crippen molar-refractivity contribution in [3.8, 4) is 0 Å². The second kappa shape index (κ2) is 6.99. The number of methoxy groups -OCH3 is 1. The van der Waals surface area contributed by atoms with E-state index in [-0.39, 0.29) is 11.9 Å². The number of nitrogens with one attached hydrogen (secondary N) is 1. The number of nitrogens with zero attached hydrogens (tertiary/aromatic N) is 1. The van der Waals surface area contributed by atoms with Crippen LogP contribution in [0.25, 0.3) is 0 Å². The molecule has 6 heteroatoms. The Morgan fingerprint density at radius 3 is 2.72 bits per heavy atom. The third-order valence-corrected chi connectivity index (χ3v) is 4.63. The van der Waals surface area contributed by atoms with Crippen molar-refractivity contribution in [1.29, 1.82) is 0 Å². The lowest BCUT2D eigenvalue weighted by molar-refractivity contribution is -0.145. The van der Waals surface area contributed by atoms with Gasteiger partial charge in [-0.3, -0.25) is 9.69 Å². The number of carbonyl (C=O) groups excluding carboxylic acids is 2. The highest BCUT2D eigenvalue weighted by Crippen LogP contribution is 2.24. The molecule has 1 aliphatic heterocycles. The van der Waals surface area contributed by atoms with Gasteiger partial charge in [-0.05, 0) is 6.92 Å². The number of rotatable bonds is 4. The molecule has 1 aliphatic rings. The lowest BCUT2D eigenvalue weighted by Gasteiger charge is -2.38. The van der Waals surface area contributed by atoms with Gasteiger partial charge in [0.25, 0.3) is 0 Å². The fourth-order valence-corrected chi connectivity index (χ4v) is 3.22. The number of carbonyl (C=O) groups is 2. The summed E-state index contributed by atoms with van der Waals surface area (Å²) in [6, 6.07) is -0.185. The topological polar surface area (TPSA) is 58.6 Å². The summed E-state index contributed by atoms with van der Waals surface area (Å²) in [6.45, 7) is 7.20. The average molecular weight is 274 g/mol. The Bertz CT molecular complexity index is 312. The summed E-state index contributed by atoms with van der Waals surface area (Å²) < 4.78 is 4.73. The minimum atomic E-state index is -0.578. The van der Waals surface area contributed by atoms with Crippen LogP contribution in [0.4, 0.5) is 0 Å². The summed E-state index contributed by atoms with van der Waals surface area (Å²) in [6.07, 6.45) is 0. The van der Waals surface area contributed by atoms with Crippen molar-refractivity contribution < 1.29 is 14.3 Å². The van der Waals surface area contributed by atoms with Crippen LogP contribution in [0.3, 0.4) is 0 Å². The maximum absolute atomic E-state index is 11.6. The molecule has 0 aromatic carbocycles. The van der Waals surface area contributed by atoms with Crippen LogP contribution < -0.4 is 5.32 Å². The van der Waals surface area contributed by atoms with Crippen molar-refractivity contribution in [3.63, 3.8) is 0 Å². The minimum absolute atomic E-state index is 0.211. The predicted molar refractivity (Wildman–Crippen MR) is 72.6 cm³/mol. The molecule has 18 heavy (non-hydrogen) atoms.